The van der Waals surface area contributed by atoms with E-state index in [1.165, 1.54) is 4.90 Å². The van der Waals surface area contributed by atoms with E-state index in [2.05, 4.69) is 11.1 Å². The number of carbonyl (C=O) groups excluding carboxylic acids is 1. The molecule has 0 aliphatic rings. The second-order valence-corrected chi connectivity index (χ2v) is 5.87. The van der Waals surface area contributed by atoms with Crippen LogP contribution in [-0.2, 0) is 17.6 Å². The number of likely N-dealkylation sites (N-methyl/N-ethyl adjacent to an activating group) is 1. The monoisotopic (exact) mass is 319 g/mol. The van der Waals surface area contributed by atoms with Crippen LogP contribution in [0.3, 0.4) is 0 Å². The molecule has 0 bridgehead atoms. The van der Waals surface area contributed by atoms with Gasteiger partial charge in [0.15, 0.2) is 0 Å². The van der Waals surface area contributed by atoms with Crippen molar-refractivity contribution in [3.05, 3.63) is 44.9 Å². The highest BCUT2D eigenvalue weighted by Crippen LogP contribution is 2.24. The van der Waals surface area contributed by atoms with Crippen LogP contribution in [0.4, 0.5) is 5.69 Å². The minimum Gasteiger partial charge on any atom is -0.314 e. The van der Waals surface area contributed by atoms with Crippen molar-refractivity contribution < 1.29 is 4.79 Å². The van der Waals surface area contributed by atoms with Gasteiger partial charge in [-0.05, 0) is 24.6 Å². The third-order valence-corrected chi connectivity index (χ3v) is 4.33. The predicted molar refractivity (Wildman–Crippen MR) is 84.8 cm³/mol. The summed E-state index contributed by atoms with van der Waals surface area (Å²) in [5.74, 6) is -0.123. The zero-order valence-corrected chi connectivity index (χ0v) is 13.3. The van der Waals surface area contributed by atoms with Crippen molar-refractivity contribution in [3.63, 3.8) is 0 Å². The molecule has 0 aliphatic heterocycles. The summed E-state index contributed by atoms with van der Waals surface area (Å²) in [6.07, 6.45) is 1.08. The van der Waals surface area contributed by atoms with Gasteiger partial charge in [-0.15, -0.1) is 11.3 Å². The summed E-state index contributed by atoms with van der Waals surface area (Å²) >= 11 is 7.50. The minimum atomic E-state index is -0.123. The fraction of sp³-hybridized carbons (Fsp3) is 0.267. The predicted octanol–water partition coefficient (Wildman–Crippen LogP) is 3.44. The van der Waals surface area contributed by atoms with Crippen LogP contribution >= 0.6 is 22.9 Å². The van der Waals surface area contributed by atoms with Gasteiger partial charge in [-0.1, -0.05) is 18.5 Å². The quantitative estimate of drug-likeness (QED) is 0.867. The molecule has 1 aromatic carbocycles. The van der Waals surface area contributed by atoms with E-state index >= 15 is 0 Å². The number of nitriles is 1. The number of benzene rings is 1. The van der Waals surface area contributed by atoms with Gasteiger partial charge in [0.1, 0.15) is 6.07 Å². The zero-order valence-electron chi connectivity index (χ0n) is 11.8. The number of amides is 1. The van der Waals surface area contributed by atoms with Crippen molar-refractivity contribution >= 4 is 34.5 Å². The van der Waals surface area contributed by atoms with Crippen molar-refractivity contribution in [3.8, 4) is 6.07 Å². The van der Waals surface area contributed by atoms with Gasteiger partial charge >= 0.3 is 0 Å². The van der Waals surface area contributed by atoms with Crippen LogP contribution in [0.15, 0.2) is 23.6 Å². The number of nitrogens with zero attached hydrogens (tertiary/aromatic N) is 3. The van der Waals surface area contributed by atoms with Crippen LogP contribution < -0.4 is 4.90 Å². The lowest BCUT2D eigenvalue weighted by Crippen LogP contribution is -2.28. The van der Waals surface area contributed by atoms with Crippen molar-refractivity contribution in [2.75, 3.05) is 11.9 Å². The van der Waals surface area contributed by atoms with Gasteiger partial charge in [-0.25, -0.2) is 4.98 Å². The van der Waals surface area contributed by atoms with E-state index in [1.807, 2.05) is 12.3 Å². The molecule has 6 heteroatoms. The fourth-order valence-electron chi connectivity index (χ4n) is 1.88. The summed E-state index contributed by atoms with van der Waals surface area (Å²) in [7, 11) is 1.64. The SMILES string of the molecule is CCc1nc(CC(=O)N(C)c2cc(Cl)ccc2C#N)cs1. The van der Waals surface area contributed by atoms with Gasteiger partial charge in [0.25, 0.3) is 0 Å². The Hall–Kier alpha value is -1.90. The number of halogens is 1. The average Bonchev–Trinajstić information content (AvgIpc) is 2.94. The van der Waals surface area contributed by atoms with Crippen molar-refractivity contribution in [2.24, 2.45) is 0 Å². The molecule has 4 nitrogen and oxygen atoms in total. The summed E-state index contributed by atoms with van der Waals surface area (Å²) in [6.45, 7) is 2.03. The molecule has 0 aliphatic carbocycles. The number of thiazole rings is 1. The Kier molecular flexibility index (Phi) is 4.94. The molecule has 108 valence electrons. The van der Waals surface area contributed by atoms with Gasteiger partial charge in [-0.2, -0.15) is 5.26 Å². The molecule has 0 saturated heterocycles. The third kappa shape index (κ3) is 3.60. The normalized spacial score (nSPS) is 10.2. The van der Waals surface area contributed by atoms with E-state index in [4.69, 9.17) is 16.9 Å². The van der Waals surface area contributed by atoms with E-state index < -0.39 is 0 Å². The van der Waals surface area contributed by atoms with Crippen LogP contribution in [-0.4, -0.2) is 17.9 Å². The molecule has 21 heavy (non-hydrogen) atoms. The Morgan fingerprint density at radius 2 is 2.29 bits per heavy atom. The zero-order chi connectivity index (χ0) is 15.4. The summed E-state index contributed by atoms with van der Waals surface area (Å²) < 4.78 is 0. The first kappa shape index (κ1) is 15.5. The van der Waals surface area contributed by atoms with E-state index in [0.717, 1.165) is 17.1 Å². The molecule has 2 rings (SSSR count). The standard InChI is InChI=1S/C15H14ClN3OS/c1-3-14-18-12(9-21-14)7-15(20)19(2)13-6-11(16)5-4-10(13)8-17/h4-6,9H,3,7H2,1-2H3. The van der Waals surface area contributed by atoms with Gasteiger partial charge < -0.3 is 4.90 Å². The second-order valence-electron chi connectivity index (χ2n) is 4.49. The molecule has 0 saturated carbocycles. The molecule has 0 fully saturated rings. The van der Waals surface area contributed by atoms with Crippen molar-refractivity contribution in [1.29, 1.82) is 5.26 Å². The summed E-state index contributed by atoms with van der Waals surface area (Å²) in [5.41, 5.74) is 1.69. The lowest BCUT2D eigenvalue weighted by Gasteiger charge is -2.18. The lowest BCUT2D eigenvalue weighted by molar-refractivity contribution is -0.117. The first-order valence-corrected chi connectivity index (χ1v) is 7.70. The highest BCUT2D eigenvalue weighted by atomic mass is 35.5. The van der Waals surface area contributed by atoms with Crippen LogP contribution in [0.25, 0.3) is 0 Å². The maximum Gasteiger partial charge on any atom is 0.232 e. The highest BCUT2D eigenvalue weighted by Gasteiger charge is 2.16. The molecule has 0 radical (unpaired) electrons. The first-order valence-electron chi connectivity index (χ1n) is 6.44. The summed E-state index contributed by atoms with van der Waals surface area (Å²) in [5, 5.41) is 12.5. The van der Waals surface area contributed by atoms with E-state index in [0.29, 0.717) is 16.3 Å². The van der Waals surface area contributed by atoms with Gasteiger partial charge in [0.2, 0.25) is 5.91 Å². The maximum atomic E-state index is 12.3. The molecule has 1 heterocycles. The Bertz CT molecular complexity index is 705. The van der Waals surface area contributed by atoms with Crippen LogP contribution in [0.5, 0.6) is 0 Å². The van der Waals surface area contributed by atoms with Crippen LogP contribution in [0.1, 0.15) is 23.2 Å². The van der Waals surface area contributed by atoms with Gasteiger partial charge in [0.05, 0.1) is 28.4 Å². The Morgan fingerprint density at radius 1 is 1.52 bits per heavy atom. The smallest absolute Gasteiger partial charge is 0.232 e. The van der Waals surface area contributed by atoms with E-state index in [-0.39, 0.29) is 12.3 Å². The molecule has 1 aromatic heterocycles. The largest absolute Gasteiger partial charge is 0.314 e. The minimum absolute atomic E-state index is 0.123. The van der Waals surface area contributed by atoms with Gasteiger partial charge in [0, 0.05) is 17.5 Å². The molecule has 0 spiro atoms. The summed E-state index contributed by atoms with van der Waals surface area (Å²) in [4.78, 5) is 18.2. The molecule has 1 amide bonds. The van der Waals surface area contributed by atoms with Gasteiger partial charge in [-0.3, -0.25) is 4.79 Å². The molecular weight excluding hydrogens is 306 g/mol. The number of hydrogen-bond donors (Lipinski definition) is 0. The van der Waals surface area contributed by atoms with Crippen molar-refractivity contribution in [2.45, 2.75) is 19.8 Å². The lowest BCUT2D eigenvalue weighted by atomic mass is 10.1. The van der Waals surface area contributed by atoms with E-state index in [1.54, 1.807) is 36.6 Å². The number of hydrogen-bond acceptors (Lipinski definition) is 4. The van der Waals surface area contributed by atoms with Crippen LogP contribution in [0.2, 0.25) is 5.02 Å². The summed E-state index contributed by atoms with van der Waals surface area (Å²) in [6, 6.07) is 6.94. The molecule has 0 atom stereocenters. The number of aromatic nitrogens is 1. The fourth-order valence-corrected chi connectivity index (χ4v) is 2.79. The Labute approximate surface area is 132 Å². The first-order chi connectivity index (χ1) is 10.0. The highest BCUT2D eigenvalue weighted by molar-refractivity contribution is 7.09. The Balaban J connectivity index is 2.19. The molecule has 0 N–H and O–H groups in total. The molecular formula is C15H14ClN3OS. The topological polar surface area (TPSA) is 57.0 Å². The third-order valence-electron chi connectivity index (χ3n) is 3.05. The molecule has 2 aromatic rings. The second kappa shape index (κ2) is 6.70. The van der Waals surface area contributed by atoms with E-state index in [9.17, 15) is 4.79 Å². The number of aryl methyl sites for hydroxylation is 1. The molecule has 0 unspecified atom stereocenters. The number of rotatable bonds is 4. The number of carbonyl (C=O) groups is 1. The van der Waals surface area contributed by atoms with Crippen molar-refractivity contribution in [1.82, 2.24) is 4.98 Å². The average molecular weight is 320 g/mol. The Morgan fingerprint density at radius 3 is 2.90 bits per heavy atom. The maximum absolute atomic E-state index is 12.3. The van der Waals surface area contributed by atoms with Crippen LogP contribution in [0, 0.1) is 11.3 Å². The number of anilines is 1.